The molecular weight excluding hydrogens is 384 g/mol. The van der Waals surface area contributed by atoms with Crippen molar-refractivity contribution >= 4 is 49.1 Å². The van der Waals surface area contributed by atoms with Gasteiger partial charge in [-0.3, -0.25) is 4.79 Å². The third-order valence-electron chi connectivity index (χ3n) is 4.10. The van der Waals surface area contributed by atoms with Gasteiger partial charge in [0.15, 0.2) is 0 Å². The average molecular weight is 403 g/mol. The second-order valence-corrected chi connectivity index (χ2v) is 8.09. The second-order valence-electron chi connectivity index (χ2n) is 6.12. The highest BCUT2D eigenvalue weighted by Gasteiger charge is 2.26. The van der Waals surface area contributed by atoms with Gasteiger partial charge in [-0.15, -0.1) is 20.4 Å². The van der Waals surface area contributed by atoms with E-state index in [-0.39, 0.29) is 11.9 Å². The minimum atomic E-state index is -0.0984. The van der Waals surface area contributed by atoms with Crippen molar-refractivity contribution < 1.29 is 4.79 Å². The summed E-state index contributed by atoms with van der Waals surface area (Å²) in [5, 5.41) is 24.7. The van der Waals surface area contributed by atoms with Gasteiger partial charge >= 0.3 is 0 Å². The van der Waals surface area contributed by atoms with Crippen LogP contribution in [0.15, 0.2) is 30.3 Å². The smallest absolute Gasteiger partial charge is 0.230 e. The van der Waals surface area contributed by atoms with Crippen molar-refractivity contribution in [1.82, 2.24) is 20.4 Å². The molecule has 0 spiro atoms. The van der Waals surface area contributed by atoms with Crippen LogP contribution in [0.4, 0.5) is 20.5 Å². The quantitative estimate of drug-likeness (QED) is 0.571. The van der Waals surface area contributed by atoms with Crippen molar-refractivity contribution in [3.05, 3.63) is 35.9 Å². The van der Waals surface area contributed by atoms with Crippen LogP contribution in [-0.4, -0.2) is 45.4 Å². The van der Waals surface area contributed by atoms with Gasteiger partial charge < -0.3 is 21.3 Å². The van der Waals surface area contributed by atoms with Crippen molar-refractivity contribution in [3.8, 4) is 0 Å². The molecule has 1 fully saturated rings. The van der Waals surface area contributed by atoms with Crippen LogP contribution in [0.2, 0.25) is 0 Å². The minimum Gasteiger partial charge on any atom is -0.374 e. The van der Waals surface area contributed by atoms with Crippen LogP contribution in [0.1, 0.15) is 12.0 Å². The van der Waals surface area contributed by atoms with Gasteiger partial charge in [0.1, 0.15) is 0 Å². The highest BCUT2D eigenvalue weighted by Crippen LogP contribution is 2.28. The number of hydrogen-bond acceptors (Lipinski definition) is 10. The number of nitrogen functional groups attached to an aromatic ring is 1. The Morgan fingerprint density at radius 2 is 1.96 bits per heavy atom. The summed E-state index contributed by atoms with van der Waals surface area (Å²) in [7, 11) is 0. The molecule has 1 atom stereocenters. The van der Waals surface area contributed by atoms with E-state index in [0.717, 1.165) is 35.3 Å². The molecule has 1 saturated heterocycles. The zero-order valence-corrected chi connectivity index (χ0v) is 16.0. The lowest BCUT2D eigenvalue weighted by Crippen LogP contribution is -2.25. The molecule has 2 aromatic heterocycles. The average Bonchev–Trinajstić information content (AvgIpc) is 3.38. The van der Waals surface area contributed by atoms with E-state index in [2.05, 4.69) is 35.9 Å². The number of rotatable bonds is 6. The molecule has 0 radical (unpaired) electrons. The van der Waals surface area contributed by atoms with E-state index in [4.69, 9.17) is 5.73 Å². The first-order valence-electron chi connectivity index (χ1n) is 8.43. The maximum Gasteiger partial charge on any atom is 0.230 e. The summed E-state index contributed by atoms with van der Waals surface area (Å²) >= 11 is 2.72. The molecule has 3 heterocycles. The standard InChI is InChI=1S/C16H18N8OS2/c17-13-20-21-14(26-13)18-11-6-7-24(9-11)16-23-22-15(27-16)19-12(25)8-10-4-2-1-3-5-10/h1-5,11H,6-9H2,(H2,17,20)(H,18,21)(H,19,22,25)/t11-/m1/s1. The number of nitrogens with one attached hydrogen (secondary N) is 2. The summed E-state index contributed by atoms with van der Waals surface area (Å²) in [5.74, 6) is -0.0984. The van der Waals surface area contributed by atoms with Crippen LogP contribution >= 0.6 is 22.7 Å². The molecule has 27 heavy (non-hydrogen) atoms. The second kappa shape index (κ2) is 7.84. The maximum absolute atomic E-state index is 12.2. The Labute approximate surface area is 163 Å². The lowest BCUT2D eigenvalue weighted by atomic mass is 10.1. The van der Waals surface area contributed by atoms with Crippen molar-refractivity contribution in [2.75, 3.05) is 34.4 Å². The van der Waals surface area contributed by atoms with Gasteiger partial charge in [-0.2, -0.15) is 0 Å². The van der Waals surface area contributed by atoms with Crippen LogP contribution in [-0.2, 0) is 11.2 Å². The van der Waals surface area contributed by atoms with Gasteiger partial charge in [0.25, 0.3) is 0 Å². The predicted molar refractivity (Wildman–Crippen MR) is 107 cm³/mol. The number of benzene rings is 1. The molecule has 4 rings (SSSR count). The number of nitrogens with two attached hydrogens (primary N) is 1. The number of nitrogens with zero attached hydrogens (tertiary/aromatic N) is 5. The van der Waals surface area contributed by atoms with Crippen LogP contribution in [0.3, 0.4) is 0 Å². The molecule has 1 amide bonds. The van der Waals surface area contributed by atoms with Gasteiger partial charge in [0, 0.05) is 19.1 Å². The highest BCUT2D eigenvalue weighted by atomic mass is 32.1. The Morgan fingerprint density at radius 3 is 2.74 bits per heavy atom. The summed E-state index contributed by atoms with van der Waals surface area (Å²) in [6, 6.07) is 9.86. The minimum absolute atomic E-state index is 0.0984. The molecule has 0 aliphatic carbocycles. The highest BCUT2D eigenvalue weighted by molar-refractivity contribution is 7.19. The van der Waals surface area contributed by atoms with Crippen LogP contribution in [0.25, 0.3) is 0 Å². The van der Waals surface area contributed by atoms with Gasteiger partial charge in [0.2, 0.25) is 26.4 Å². The third-order valence-corrected chi connectivity index (χ3v) is 5.68. The molecular formula is C16H18N8OS2. The van der Waals surface area contributed by atoms with E-state index in [1.165, 1.54) is 22.7 Å². The van der Waals surface area contributed by atoms with Gasteiger partial charge in [0.05, 0.1) is 6.42 Å². The van der Waals surface area contributed by atoms with Crippen LogP contribution in [0, 0.1) is 0 Å². The molecule has 0 saturated carbocycles. The largest absolute Gasteiger partial charge is 0.374 e. The monoisotopic (exact) mass is 402 g/mol. The number of anilines is 4. The predicted octanol–water partition coefficient (Wildman–Crippen LogP) is 1.84. The molecule has 0 unspecified atom stereocenters. The van der Waals surface area contributed by atoms with Crippen LogP contribution in [0.5, 0.6) is 0 Å². The molecule has 3 aromatic rings. The summed E-state index contributed by atoms with van der Waals surface area (Å²) in [6.07, 6.45) is 1.27. The van der Waals surface area contributed by atoms with E-state index in [1.807, 2.05) is 30.3 Å². The molecule has 11 heteroatoms. The molecule has 4 N–H and O–H groups in total. The maximum atomic E-state index is 12.2. The van der Waals surface area contributed by atoms with E-state index in [1.54, 1.807) is 0 Å². The lowest BCUT2D eigenvalue weighted by molar-refractivity contribution is -0.115. The fraction of sp³-hybridized carbons (Fsp3) is 0.312. The fourth-order valence-electron chi connectivity index (χ4n) is 2.86. The Morgan fingerprint density at radius 1 is 1.15 bits per heavy atom. The lowest BCUT2D eigenvalue weighted by Gasteiger charge is -2.14. The van der Waals surface area contributed by atoms with Gasteiger partial charge in [-0.05, 0) is 12.0 Å². The van der Waals surface area contributed by atoms with Crippen LogP contribution < -0.4 is 21.3 Å². The number of carbonyl (C=O) groups excluding carboxylic acids is 1. The molecule has 140 valence electrons. The topological polar surface area (TPSA) is 122 Å². The molecule has 1 aromatic carbocycles. The number of aromatic nitrogens is 4. The first kappa shape index (κ1) is 17.6. The SMILES string of the molecule is Nc1nnc(N[C@@H]2CCN(c3nnc(NC(=O)Cc4ccccc4)s3)C2)s1. The van der Waals surface area contributed by atoms with Crippen molar-refractivity contribution in [2.45, 2.75) is 18.9 Å². The first-order valence-corrected chi connectivity index (χ1v) is 10.1. The normalized spacial score (nSPS) is 16.4. The van der Waals surface area contributed by atoms with Gasteiger partial charge in [-0.25, -0.2) is 0 Å². The number of hydrogen-bond donors (Lipinski definition) is 3. The molecule has 1 aliphatic heterocycles. The Balaban J connectivity index is 1.31. The van der Waals surface area contributed by atoms with Crippen molar-refractivity contribution in [3.63, 3.8) is 0 Å². The summed E-state index contributed by atoms with van der Waals surface area (Å²) < 4.78 is 0. The van der Waals surface area contributed by atoms with E-state index < -0.39 is 0 Å². The first-order chi connectivity index (χ1) is 13.2. The third kappa shape index (κ3) is 4.49. The van der Waals surface area contributed by atoms with E-state index in [9.17, 15) is 4.79 Å². The Hall–Kier alpha value is -2.79. The fourth-order valence-corrected chi connectivity index (χ4v) is 4.24. The summed E-state index contributed by atoms with van der Waals surface area (Å²) in [6.45, 7) is 1.64. The number of amides is 1. The van der Waals surface area contributed by atoms with E-state index >= 15 is 0 Å². The zero-order valence-electron chi connectivity index (χ0n) is 14.3. The summed E-state index contributed by atoms with van der Waals surface area (Å²) in [5.41, 5.74) is 6.57. The van der Waals surface area contributed by atoms with Crippen molar-refractivity contribution in [2.24, 2.45) is 0 Å². The zero-order chi connectivity index (χ0) is 18.6. The van der Waals surface area contributed by atoms with Crippen molar-refractivity contribution in [1.29, 1.82) is 0 Å². The summed E-state index contributed by atoms with van der Waals surface area (Å²) in [4.78, 5) is 14.3. The van der Waals surface area contributed by atoms with Gasteiger partial charge in [-0.1, -0.05) is 53.0 Å². The molecule has 9 nitrogen and oxygen atoms in total. The van der Waals surface area contributed by atoms with E-state index in [0.29, 0.717) is 16.7 Å². The Bertz CT molecular complexity index is 912. The molecule has 1 aliphatic rings. The number of carbonyl (C=O) groups is 1. The molecule has 0 bridgehead atoms. The Kier molecular flexibility index (Phi) is 5.12.